The lowest BCUT2D eigenvalue weighted by Crippen LogP contribution is -2.13. The molecule has 0 unspecified atom stereocenters. The molecule has 0 radical (unpaired) electrons. The number of hydrogen-bond donors (Lipinski definition) is 1. The number of rotatable bonds is 4. The third-order valence-corrected chi connectivity index (χ3v) is 3.56. The molecule has 3 aromatic rings. The van der Waals surface area contributed by atoms with Crippen molar-refractivity contribution in [1.29, 1.82) is 0 Å². The second-order valence-electron chi connectivity index (χ2n) is 4.35. The zero-order valence-corrected chi connectivity index (χ0v) is 11.5. The van der Waals surface area contributed by atoms with Crippen molar-refractivity contribution in [2.45, 2.75) is 6.42 Å². The summed E-state index contributed by atoms with van der Waals surface area (Å²) in [6.45, 7) is 0. The van der Waals surface area contributed by atoms with Gasteiger partial charge in [0.05, 0.1) is 17.8 Å². The largest absolute Gasteiger partial charge is 0.325 e. The van der Waals surface area contributed by atoms with Gasteiger partial charge in [0.25, 0.3) is 0 Å². The van der Waals surface area contributed by atoms with E-state index in [4.69, 9.17) is 0 Å². The number of carbonyl (C=O) groups is 1. The zero-order valence-electron chi connectivity index (χ0n) is 10.7. The van der Waals surface area contributed by atoms with Crippen molar-refractivity contribution < 1.29 is 4.79 Å². The van der Waals surface area contributed by atoms with Crippen LogP contribution in [0.3, 0.4) is 0 Å². The van der Waals surface area contributed by atoms with Crippen LogP contribution in [0.5, 0.6) is 0 Å². The summed E-state index contributed by atoms with van der Waals surface area (Å²) in [6, 6.07) is 11.6. The zero-order chi connectivity index (χ0) is 13.8. The molecule has 3 rings (SSSR count). The molecule has 0 aliphatic carbocycles. The molecule has 20 heavy (non-hydrogen) atoms. The third kappa shape index (κ3) is 2.95. The van der Waals surface area contributed by atoms with Gasteiger partial charge >= 0.3 is 0 Å². The van der Waals surface area contributed by atoms with Crippen LogP contribution in [0.25, 0.3) is 5.69 Å². The van der Waals surface area contributed by atoms with Crippen LogP contribution in [0.2, 0.25) is 0 Å². The van der Waals surface area contributed by atoms with Crippen molar-refractivity contribution >= 4 is 22.9 Å². The van der Waals surface area contributed by atoms with E-state index in [1.54, 1.807) is 22.2 Å². The van der Waals surface area contributed by atoms with Crippen LogP contribution in [0.1, 0.15) is 5.56 Å². The molecule has 100 valence electrons. The van der Waals surface area contributed by atoms with Gasteiger partial charge in [-0.2, -0.15) is 16.4 Å². The van der Waals surface area contributed by atoms with Gasteiger partial charge in [-0.15, -0.1) is 0 Å². The highest BCUT2D eigenvalue weighted by Gasteiger charge is 2.05. The van der Waals surface area contributed by atoms with E-state index in [1.165, 1.54) is 0 Å². The van der Waals surface area contributed by atoms with Crippen LogP contribution >= 0.6 is 11.3 Å². The fraction of sp³-hybridized carbons (Fsp3) is 0.0667. The van der Waals surface area contributed by atoms with Crippen molar-refractivity contribution in [3.63, 3.8) is 0 Å². The molecule has 0 spiro atoms. The normalized spacial score (nSPS) is 10.4. The molecular formula is C15H13N3OS. The second-order valence-corrected chi connectivity index (χ2v) is 5.13. The lowest BCUT2D eigenvalue weighted by molar-refractivity contribution is -0.115. The number of benzene rings is 1. The Labute approximate surface area is 120 Å². The Morgan fingerprint density at radius 3 is 2.75 bits per heavy atom. The predicted octanol–water partition coefficient (Wildman–Crippen LogP) is 3.12. The lowest BCUT2D eigenvalue weighted by atomic mass is 10.1. The Balaban J connectivity index is 1.65. The quantitative estimate of drug-likeness (QED) is 0.799. The van der Waals surface area contributed by atoms with E-state index in [1.807, 2.05) is 53.4 Å². The maximum Gasteiger partial charge on any atom is 0.228 e. The van der Waals surface area contributed by atoms with Gasteiger partial charge in [-0.1, -0.05) is 12.1 Å². The number of amides is 1. The fourth-order valence-electron chi connectivity index (χ4n) is 1.91. The first-order valence-corrected chi connectivity index (χ1v) is 7.16. The molecule has 0 saturated carbocycles. The van der Waals surface area contributed by atoms with Crippen molar-refractivity contribution in [2.24, 2.45) is 0 Å². The summed E-state index contributed by atoms with van der Waals surface area (Å²) in [7, 11) is 0. The number of thiophene rings is 1. The molecule has 4 nitrogen and oxygen atoms in total. The first-order chi connectivity index (χ1) is 9.81. The molecule has 1 N–H and O–H groups in total. The molecule has 0 atom stereocenters. The van der Waals surface area contributed by atoms with E-state index in [0.717, 1.165) is 16.9 Å². The molecule has 0 aliphatic heterocycles. The Kier molecular flexibility index (Phi) is 3.60. The summed E-state index contributed by atoms with van der Waals surface area (Å²) in [5.41, 5.74) is 2.82. The van der Waals surface area contributed by atoms with Gasteiger partial charge < -0.3 is 5.32 Å². The number of anilines is 1. The Morgan fingerprint density at radius 1 is 1.25 bits per heavy atom. The third-order valence-electron chi connectivity index (χ3n) is 2.87. The Morgan fingerprint density at radius 2 is 2.10 bits per heavy atom. The van der Waals surface area contributed by atoms with E-state index in [2.05, 4.69) is 10.4 Å². The molecule has 0 bridgehead atoms. The van der Waals surface area contributed by atoms with E-state index in [9.17, 15) is 4.79 Å². The highest BCUT2D eigenvalue weighted by molar-refractivity contribution is 7.08. The smallest absolute Gasteiger partial charge is 0.228 e. The SMILES string of the molecule is O=C(Cc1ccc(-n2cccn2)cc1)Nc1ccsc1. The van der Waals surface area contributed by atoms with Crippen molar-refractivity contribution in [2.75, 3.05) is 5.32 Å². The lowest BCUT2D eigenvalue weighted by Gasteiger charge is -2.05. The van der Waals surface area contributed by atoms with E-state index >= 15 is 0 Å². The van der Waals surface area contributed by atoms with Crippen LogP contribution in [0, 0.1) is 0 Å². The number of aromatic nitrogens is 2. The van der Waals surface area contributed by atoms with Crippen LogP contribution in [-0.2, 0) is 11.2 Å². The van der Waals surface area contributed by atoms with Gasteiger partial charge in [0, 0.05) is 17.8 Å². The van der Waals surface area contributed by atoms with Gasteiger partial charge in [0.15, 0.2) is 0 Å². The maximum atomic E-state index is 11.9. The molecule has 0 fully saturated rings. The average molecular weight is 283 g/mol. The summed E-state index contributed by atoms with van der Waals surface area (Å²) < 4.78 is 1.79. The van der Waals surface area contributed by atoms with Crippen LogP contribution in [-0.4, -0.2) is 15.7 Å². The Hall–Kier alpha value is -2.40. The van der Waals surface area contributed by atoms with Gasteiger partial charge in [0.1, 0.15) is 0 Å². The number of hydrogen-bond acceptors (Lipinski definition) is 3. The van der Waals surface area contributed by atoms with Crippen LogP contribution in [0.4, 0.5) is 5.69 Å². The monoisotopic (exact) mass is 283 g/mol. The van der Waals surface area contributed by atoms with Gasteiger partial charge in [-0.05, 0) is 35.2 Å². The number of nitrogens with zero attached hydrogens (tertiary/aromatic N) is 2. The summed E-state index contributed by atoms with van der Waals surface area (Å²) in [5, 5.41) is 10.9. The van der Waals surface area contributed by atoms with Crippen molar-refractivity contribution in [3.05, 3.63) is 65.1 Å². The topological polar surface area (TPSA) is 46.9 Å². The molecule has 1 aromatic carbocycles. The predicted molar refractivity (Wildman–Crippen MR) is 80.2 cm³/mol. The molecule has 0 aliphatic rings. The first-order valence-electron chi connectivity index (χ1n) is 6.22. The molecule has 2 aromatic heterocycles. The highest BCUT2D eigenvalue weighted by atomic mass is 32.1. The minimum absolute atomic E-state index is 0.00441. The summed E-state index contributed by atoms with van der Waals surface area (Å²) in [5.74, 6) is -0.00441. The highest BCUT2D eigenvalue weighted by Crippen LogP contribution is 2.13. The minimum atomic E-state index is -0.00441. The second kappa shape index (κ2) is 5.71. The van der Waals surface area contributed by atoms with Crippen LogP contribution < -0.4 is 5.32 Å². The first kappa shape index (κ1) is 12.6. The van der Waals surface area contributed by atoms with Crippen molar-refractivity contribution in [3.8, 4) is 5.69 Å². The number of carbonyl (C=O) groups excluding carboxylic acids is 1. The summed E-state index contributed by atoms with van der Waals surface area (Å²) >= 11 is 1.56. The summed E-state index contributed by atoms with van der Waals surface area (Å²) in [4.78, 5) is 11.9. The number of nitrogens with one attached hydrogen (secondary N) is 1. The maximum absolute atomic E-state index is 11.9. The van der Waals surface area contributed by atoms with Crippen LogP contribution in [0.15, 0.2) is 59.6 Å². The van der Waals surface area contributed by atoms with Crippen molar-refractivity contribution in [1.82, 2.24) is 9.78 Å². The molecule has 1 amide bonds. The average Bonchev–Trinajstić information content (AvgIpc) is 3.12. The molecule has 2 heterocycles. The standard InChI is InChI=1S/C15H13N3OS/c19-15(17-13-6-9-20-11-13)10-12-2-4-14(5-3-12)18-8-1-7-16-18/h1-9,11H,10H2,(H,17,19). The van der Waals surface area contributed by atoms with Gasteiger partial charge in [-0.3, -0.25) is 4.79 Å². The van der Waals surface area contributed by atoms with Gasteiger partial charge in [-0.25, -0.2) is 4.68 Å². The van der Waals surface area contributed by atoms with E-state index in [0.29, 0.717) is 6.42 Å². The molecule has 0 saturated heterocycles. The molecule has 5 heteroatoms. The minimum Gasteiger partial charge on any atom is -0.325 e. The van der Waals surface area contributed by atoms with E-state index in [-0.39, 0.29) is 5.91 Å². The van der Waals surface area contributed by atoms with E-state index < -0.39 is 0 Å². The summed E-state index contributed by atoms with van der Waals surface area (Å²) in [6.07, 6.45) is 4.00. The molecular weight excluding hydrogens is 270 g/mol. The fourth-order valence-corrected chi connectivity index (χ4v) is 2.50. The van der Waals surface area contributed by atoms with Gasteiger partial charge in [0.2, 0.25) is 5.91 Å². The Bertz CT molecular complexity index is 673.